The summed E-state index contributed by atoms with van der Waals surface area (Å²) in [5, 5.41) is 9.03. The lowest BCUT2D eigenvalue weighted by Crippen LogP contribution is -1.94. The Kier molecular flexibility index (Phi) is 3.60. The molecule has 0 unspecified atom stereocenters. The molecule has 0 radical (unpaired) electrons. The minimum atomic E-state index is -1.27. The van der Waals surface area contributed by atoms with Gasteiger partial charge >= 0.3 is 0 Å². The van der Waals surface area contributed by atoms with Gasteiger partial charge in [-0.05, 0) is 22.0 Å². The molecule has 0 spiro atoms. The van der Waals surface area contributed by atoms with Crippen LogP contribution in [0.25, 0.3) is 6.08 Å². The number of aromatic hydroxyl groups is 1. The van der Waals surface area contributed by atoms with E-state index in [1.165, 1.54) is 18.2 Å². The molecular weight excluding hydrogens is 256 g/mol. The van der Waals surface area contributed by atoms with Crippen LogP contribution in [0.5, 0.6) is 5.75 Å². The van der Waals surface area contributed by atoms with Crippen LogP contribution in [0.1, 0.15) is 5.56 Å². The van der Waals surface area contributed by atoms with Crippen LogP contribution in [0.4, 0.5) is 8.78 Å². The maximum absolute atomic E-state index is 13.1. The number of nitrogens with two attached hydrogens (primary N) is 1. The van der Waals surface area contributed by atoms with E-state index in [2.05, 4.69) is 15.9 Å². The fourth-order valence-electron chi connectivity index (χ4n) is 0.920. The van der Waals surface area contributed by atoms with E-state index >= 15 is 0 Å². The maximum atomic E-state index is 13.1. The van der Waals surface area contributed by atoms with Crippen LogP contribution in [0, 0.1) is 11.6 Å². The Balaban J connectivity index is 3.26. The number of rotatable bonds is 2. The fraction of sp³-hybridized carbons (Fsp3) is 0.111. The molecule has 1 rings (SSSR count). The zero-order chi connectivity index (χ0) is 10.7. The quantitative estimate of drug-likeness (QED) is 0.806. The molecule has 0 amide bonds. The van der Waals surface area contributed by atoms with Gasteiger partial charge in [-0.25, -0.2) is 4.39 Å². The first kappa shape index (κ1) is 11.1. The Labute approximate surface area is 88.2 Å². The number of hydrogen-bond donors (Lipinski definition) is 2. The van der Waals surface area contributed by atoms with E-state index in [1.54, 1.807) is 0 Å². The van der Waals surface area contributed by atoms with Crippen molar-refractivity contribution in [3.8, 4) is 5.75 Å². The summed E-state index contributed by atoms with van der Waals surface area (Å²) in [5.41, 5.74) is 5.21. The number of hydrogen-bond acceptors (Lipinski definition) is 2. The summed E-state index contributed by atoms with van der Waals surface area (Å²) in [7, 11) is 0. The second-order valence-corrected chi connectivity index (χ2v) is 3.42. The van der Waals surface area contributed by atoms with Crippen LogP contribution in [0.15, 0.2) is 16.6 Å². The Morgan fingerprint density at radius 3 is 2.64 bits per heavy atom. The highest BCUT2D eigenvalue weighted by molar-refractivity contribution is 9.10. The number of halogens is 3. The van der Waals surface area contributed by atoms with Crippen molar-refractivity contribution in [2.24, 2.45) is 5.73 Å². The number of phenolic OH excluding ortho intramolecular Hbond substituents is 1. The molecule has 0 aromatic heterocycles. The summed E-state index contributed by atoms with van der Waals surface area (Å²) >= 11 is 2.90. The molecule has 1 aromatic carbocycles. The van der Waals surface area contributed by atoms with Crippen molar-refractivity contribution in [3.63, 3.8) is 0 Å². The van der Waals surface area contributed by atoms with Gasteiger partial charge in [-0.2, -0.15) is 4.39 Å². The van der Waals surface area contributed by atoms with Crippen LogP contribution in [0.3, 0.4) is 0 Å². The third-order valence-corrected chi connectivity index (χ3v) is 2.20. The molecule has 5 heteroatoms. The molecule has 14 heavy (non-hydrogen) atoms. The standard InChI is InChI=1S/C9H8BrF2NO/c10-6-4-5(2-1-3-13)7(11)8(12)9(6)14/h1-2,4,14H,3,13H2/b2-1+. The van der Waals surface area contributed by atoms with Crippen LogP contribution in [-0.4, -0.2) is 11.7 Å². The van der Waals surface area contributed by atoms with Crippen molar-refractivity contribution in [1.29, 1.82) is 0 Å². The lowest BCUT2D eigenvalue weighted by Gasteiger charge is -2.03. The van der Waals surface area contributed by atoms with Crippen molar-refractivity contribution < 1.29 is 13.9 Å². The first-order chi connectivity index (χ1) is 6.57. The predicted octanol–water partition coefficient (Wildman–Crippen LogP) is 2.40. The molecule has 0 atom stereocenters. The summed E-state index contributed by atoms with van der Waals surface area (Å²) in [6.45, 7) is 0.236. The van der Waals surface area contributed by atoms with Gasteiger partial charge in [-0.3, -0.25) is 0 Å². The SMILES string of the molecule is NC/C=C/c1cc(Br)c(O)c(F)c1F. The highest BCUT2D eigenvalue weighted by atomic mass is 79.9. The molecule has 1 aromatic rings. The maximum Gasteiger partial charge on any atom is 0.202 e. The first-order valence-corrected chi connectivity index (χ1v) is 4.60. The van der Waals surface area contributed by atoms with Gasteiger partial charge in [0.15, 0.2) is 11.6 Å². The van der Waals surface area contributed by atoms with E-state index in [0.29, 0.717) is 0 Å². The Morgan fingerprint density at radius 1 is 1.43 bits per heavy atom. The highest BCUT2D eigenvalue weighted by Gasteiger charge is 2.14. The third-order valence-electron chi connectivity index (χ3n) is 1.60. The topological polar surface area (TPSA) is 46.2 Å². The molecule has 0 saturated heterocycles. The summed E-state index contributed by atoms with van der Waals surface area (Å²) in [6.07, 6.45) is 2.84. The van der Waals surface area contributed by atoms with Gasteiger partial charge in [0.25, 0.3) is 0 Å². The van der Waals surface area contributed by atoms with Gasteiger partial charge in [-0.1, -0.05) is 12.2 Å². The highest BCUT2D eigenvalue weighted by Crippen LogP contribution is 2.31. The Hall–Kier alpha value is -0.940. The van der Waals surface area contributed by atoms with Crippen LogP contribution in [0.2, 0.25) is 0 Å². The average molecular weight is 264 g/mol. The molecule has 3 N–H and O–H groups in total. The van der Waals surface area contributed by atoms with E-state index in [1.807, 2.05) is 0 Å². The Morgan fingerprint density at radius 2 is 2.07 bits per heavy atom. The summed E-state index contributed by atoms with van der Waals surface area (Å²) < 4.78 is 26.2. The normalized spacial score (nSPS) is 11.1. The van der Waals surface area contributed by atoms with E-state index in [0.717, 1.165) is 0 Å². The summed E-state index contributed by atoms with van der Waals surface area (Å²) in [6, 6.07) is 1.28. The van der Waals surface area contributed by atoms with Crippen molar-refractivity contribution in [2.75, 3.05) is 6.54 Å². The van der Waals surface area contributed by atoms with Crippen LogP contribution < -0.4 is 5.73 Å². The molecule has 0 fully saturated rings. The second-order valence-electron chi connectivity index (χ2n) is 2.56. The van der Waals surface area contributed by atoms with Gasteiger partial charge in [0.1, 0.15) is 0 Å². The smallest absolute Gasteiger partial charge is 0.202 e. The number of phenols is 1. The molecular formula is C9H8BrF2NO. The lowest BCUT2D eigenvalue weighted by molar-refractivity contribution is 0.403. The monoisotopic (exact) mass is 263 g/mol. The minimum Gasteiger partial charge on any atom is -0.504 e. The molecule has 0 aliphatic rings. The van der Waals surface area contributed by atoms with Gasteiger partial charge < -0.3 is 10.8 Å². The first-order valence-electron chi connectivity index (χ1n) is 3.81. The van der Waals surface area contributed by atoms with Gasteiger partial charge in [0.2, 0.25) is 5.82 Å². The minimum absolute atomic E-state index is 0.0395. The van der Waals surface area contributed by atoms with Crippen LogP contribution in [-0.2, 0) is 0 Å². The summed E-state index contributed by atoms with van der Waals surface area (Å²) in [5.74, 6) is -3.08. The largest absolute Gasteiger partial charge is 0.504 e. The Bertz CT molecular complexity index is 380. The zero-order valence-corrected chi connectivity index (χ0v) is 8.68. The van der Waals surface area contributed by atoms with Crippen molar-refractivity contribution in [3.05, 3.63) is 33.8 Å². The predicted molar refractivity (Wildman–Crippen MR) is 53.8 cm³/mol. The van der Waals surface area contributed by atoms with Gasteiger partial charge in [0, 0.05) is 12.1 Å². The van der Waals surface area contributed by atoms with E-state index < -0.39 is 17.4 Å². The summed E-state index contributed by atoms with van der Waals surface area (Å²) in [4.78, 5) is 0. The average Bonchev–Trinajstić information content (AvgIpc) is 2.18. The lowest BCUT2D eigenvalue weighted by atomic mass is 10.2. The van der Waals surface area contributed by atoms with E-state index in [4.69, 9.17) is 10.8 Å². The van der Waals surface area contributed by atoms with Gasteiger partial charge in [-0.15, -0.1) is 0 Å². The molecule has 0 saturated carbocycles. The molecule has 0 bridgehead atoms. The molecule has 0 aliphatic carbocycles. The molecule has 2 nitrogen and oxygen atoms in total. The van der Waals surface area contributed by atoms with Crippen molar-refractivity contribution in [2.45, 2.75) is 0 Å². The second kappa shape index (κ2) is 4.52. The van der Waals surface area contributed by atoms with E-state index in [9.17, 15) is 8.78 Å². The van der Waals surface area contributed by atoms with Gasteiger partial charge in [0.05, 0.1) is 4.47 Å². The zero-order valence-electron chi connectivity index (χ0n) is 7.10. The van der Waals surface area contributed by atoms with Crippen molar-refractivity contribution >= 4 is 22.0 Å². The van der Waals surface area contributed by atoms with Crippen molar-refractivity contribution in [1.82, 2.24) is 0 Å². The van der Waals surface area contributed by atoms with Crippen LogP contribution >= 0.6 is 15.9 Å². The molecule has 0 heterocycles. The van der Waals surface area contributed by atoms with E-state index in [-0.39, 0.29) is 16.6 Å². The fourth-order valence-corrected chi connectivity index (χ4v) is 1.34. The molecule has 76 valence electrons. The number of benzene rings is 1. The third kappa shape index (κ3) is 2.10. The molecule has 0 aliphatic heterocycles.